The van der Waals surface area contributed by atoms with Crippen molar-refractivity contribution in [2.45, 2.75) is 0 Å². The second-order valence-electron chi connectivity index (χ2n) is 2.91. The van der Waals surface area contributed by atoms with Gasteiger partial charge >= 0.3 is 5.97 Å². The van der Waals surface area contributed by atoms with Gasteiger partial charge in [0.2, 0.25) is 0 Å². The highest BCUT2D eigenvalue weighted by Gasteiger charge is 2.15. The van der Waals surface area contributed by atoms with Gasteiger partial charge < -0.3 is 10.5 Å². The van der Waals surface area contributed by atoms with E-state index in [9.17, 15) is 4.79 Å². The largest absolute Gasteiger partial charge is 0.463 e. The average Bonchev–Trinajstić information content (AvgIpc) is 2.81. The molecule has 2 aromatic heterocycles. The number of hydrogen-bond donors (Lipinski definition) is 1. The summed E-state index contributed by atoms with van der Waals surface area (Å²) in [5.41, 5.74) is 5.82. The van der Waals surface area contributed by atoms with Gasteiger partial charge in [0, 0.05) is 0 Å². The van der Waals surface area contributed by atoms with E-state index in [1.165, 1.54) is 24.4 Å². The number of carbonyl (C=O) groups excluding carboxylic acids is 1. The van der Waals surface area contributed by atoms with Crippen molar-refractivity contribution in [1.82, 2.24) is 24.7 Å². The van der Waals surface area contributed by atoms with Gasteiger partial charge in [-0.2, -0.15) is 4.68 Å². The summed E-state index contributed by atoms with van der Waals surface area (Å²) in [5, 5.41) is 3.96. The van der Waals surface area contributed by atoms with Crippen molar-refractivity contribution in [3.8, 4) is 5.82 Å². The van der Waals surface area contributed by atoms with Crippen LogP contribution in [0, 0.1) is 0 Å². The Labute approximate surface area is 100 Å². The maximum Gasteiger partial charge on any atom is 0.377 e. The lowest BCUT2D eigenvalue weighted by molar-refractivity contribution is 0.0587. The van der Waals surface area contributed by atoms with Crippen LogP contribution >= 0.6 is 11.6 Å². The molecule has 0 radical (unpaired) electrons. The Balaban J connectivity index is 2.44. The molecule has 0 aliphatic heterocycles. The summed E-state index contributed by atoms with van der Waals surface area (Å²) in [5.74, 6) is -0.503. The van der Waals surface area contributed by atoms with Gasteiger partial charge in [0.05, 0.1) is 7.11 Å². The Hall–Kier alpha value is -2.22. The summed E-state index contributed by atoms with van der Waals surface area (Å²) in [6.45, 7) is 0. The van der Waals surface area contributed by atoms with Crippen LogP contribution in [0.3, 0.4) is 0 Å². The highest BCUT2D eigenvalue weighted by Crippen LogP contribution is 2.20. The zero-order valence-electron chi connectivity index (χ0n) is 8.66. The first-order valence-electron chi connectivity index (χ1n) is 4.39. The molecule has 2 N–H and O–H groups in total. The molecule has 8 nitrogen and oxygen atoms in total. The summed E-state index contributed by atoms with van der Waals surface area (Å²) < 4.78 is 5.69. The van der Waals surface area contributed by atoms with Gasteiger partial charge in [0.15, 0.2) is 11.0 Å². The Morgan fingerprint density at radius 3 is 2.94 bits per heavy atom. The lowest BCUT2D eigenvalue weighted by atomic mass is 10.5. The first kappa shape index (κ1) is 11.3. The van der Waals surface area contributed by atoms with Gasteiger partial charge in [0.25, 0.3) is 5.82 Å². The van der Waals surface area contributed by atoms with Crippen LogP contribution in [0.25, 0.3) is 5.82 Å². The van der Waals surface area contributed by atoms with Crippen molar-refractivity contribution in [2.75, 3.05) is 12.8 Å². The number of aromatic nitrogens is 5. The van der Waals surface area contributed by atoms with Crippen molar-refractivity contribution < 1.29 is 9.53 Å². The molecular weight excluding hydrogens is 248 g/mol. The summed E-state index contributed by atoms with van der Waals surface area (Å²) in [6, 6.07) is 0. The fourth-order valence-corrected chi connectivity index (χ4v) is 1.23. The van der Waals surface area contributed by atoms with Crippen LogP contribution in [0.5, 0.6) is 0 Å². The van der Waals surface area contributed by atoms with Gasteiger partial charge in [-0.1, -0.05) is 11.6 Å². The average molecular weight is 255 g/mol. The monoisotopic (exact) mass is 254 g/mol. The quantitative estimate of drug-likeness (QED) is 0.597. The molecule has 0 bridgehead atoms. The standard InChI is InChI=1S/C8H7ClN6O2/c1-17-8(16)6-13-3-15(14-6)7-4(10)5(9)11-2-12-7/h2-3H,10H2,1H3. The fourth-order valence-electron chi connectivity index (χ4n) is 1.10. The molecule has 0 saturated heterocycles. The Kier molecular flexibility index (Phi) is 2.88. The number of nitrogens with two attached hydrogens (primary N) is 1. The van der Waals surface area contributed by atoms with Crippen LogP contribution in [0.1, 0.15) is 10.6 Å². The third kappa shape index (κ3) is 2.02. The zero-order chi connectivity index (χ0) is 12.4. The van der Waals surface area contributed by atoms with E-state index in [-0.39, 0.29) is 22.5 Å². The molecule has 0 aliphatic rings. The Morgan fingerprint density at radius 2 is 2.24 bits per heavy atom. The van der Waals surface area contributed by atoms with Crippen molar-refractivity contribution >= 4 is 23.3 Å². The third-order valence-electron chi connectivity index (χ3n) is 1.89. The molecule has 17 heavy (non-hydrogen) atoms. The first-order chi connectivity index (χ1) is 8.13. The number of anilines is 1. The number of nitrogen functional groups attached to an aromatic ring is 1. The van der Waals surface area contributed by atoms with E-state index < -0.39 is 5.97 Å². The molecule has 0 unspecified atom stereocenters. The molecular formula is C8H7ClN6O2. The molecule has 0 aromatic carbocycles. The molecule has 2 rings (SSSR count). The number of hydrogen-bond acceptors (Lipinski definition) is 7. The highest BCUT2D eigenvalue weighted by atomic mass is 35.5. The molecule has 0 aliphatic carbocycles. The van der Waals surface area contributed by atoms with E-state index in [1.807, 2.05) is 0 Å². The normalized spacial score (nSPS) is 10.2. The predicted octanol–water partition coefficient (Wildman–Crippen LogP) is 0.0795. The van der Waals surface area contributed by atoms with E-state index in [1.54, 1.807) is 0 Å². The van der Waals surface area contributed by atoms with Crippen LogP contribution in [-0.2, 0) is 4.74 Å². The van der Waals surface area contributed by atoms with Gasteiger partial charge in [-0.05, 0) is 0 Å². The van der Waals surface area contributed by atoms with Crippen molar-refractivity contribution in [1.29, 1.82) is 0 Å². The second kappa shape index (κ2) is 4.34. The number of nitrogens with zero attached hydrogens (tertiary/aromatic N) is 5. The number of ether oxygens (including phenoxy) is 1. The van der Waals surface area contributed by atoms with E-state index >= 15 is 0 Å². The Morgan fingerprint density at radius 1 is 1.47 bits per heavy atom. The van der Waals surface area contributed by atoms with Crippen LogP contribution in [-0.4, -0.2) is 37.8 Å². The van der Waals surface area contributed by atoms with E-state index in [0.29, 0.717) is 0 Å². The number of carbonyl (C=O) groups is 1. The molecule has 0 saturated carbocycles. The van der Waals surface area contributed by atoms with Crippen molar-refractivity contribution in [3.63, 3.8) is 0 Å². The van der Waals surface area contributed by atoms with Crippen LogP contribution in [0.4, 0.5) is 5.69 Å². The first-order valence-corrected chi connectivity index (χ1v) is 4.77. The summed E-state index contributed by atoms with van der Waals surface area (Å²) in [4.78, 5) is 22.5. The van der Waals surface area contributed by atoms with Crippen molar-refractivity contribution in [3.05, 3.63) is 23.6 Å². The molecule has 88 valence electrons. The maximum absolute atomic E-state index is 11.2. The minimum Gasteiger partial charge on any atom is -0.463 e. The van der Waals surface area contributed by atoms with Crippen LogP contribution < -0.4 is 5.73 Å². The SMILES string of the molecule is COC(=O)c1ncn(-c2ncnc(Cl)c2N)n1. The Bertz CT molecular complexity index is 569. The number of esters is 1. The smallest absolute Gasteiger partial charge is 0.377 e. The molecule has 0 amide bonds. The minimum atomic E-state index is -0.650. The minimum absolute atomic E-state index is 0.0957. The number of methoxy groups -OCH3 is 1. The zero-order valence-corrected chi connectivity index (χ0v) is 9.42. The number of rotatable bonds is 2. The molecule has 2 heterocycles. The molecule has 2 aromatic rings. The van der Waals surface area contributed by atoms with Crippen LogP contribution in [0.2, 0.25) is 5.15 Å². The number of halogens is 1. The van der Waals surface area contributed by atoms with Gasteiger partial charge in [0.1, 0.15) is 18.3 Å². The molecule has 0 atom stereocenters. The van der Waals surface area contributed by atoms with Gasteiger partial charge in [-0.25, -0.2) is 19.7 Å². The summed E-state index contributed by atoms with van der Waals surface area (Å²) in [6.07, 6.45) is 2.51. The van der Waals surface area contributed by atoms with Crippen molar-refractivity contribution in [2.24, 2.45) is 0 Å². The molecule has 0 spiro atoms. The highest BCUT2D eigenvalue weighted by molar-refractivity contribution is 6.32. The van der Waals surface area contributed by atoms with E-state index in [2.05, 4.69) is 24.8 Å². The summed E-state index contributed by atoms with van der Waals surface area (Å²) >= 11 is 5.73. The predicted molar refractivity (Wildman–Crippen MR) is 57.7 cm³/mol. The van der Waals surface area contributed by atoms with Crippen LogP contribution in [0.15, 0.2) is 12.7 Å². The van der Waals surface area contributed by atoms with Gasteiger partial charge in [-0.15, -0.1) is 5.10 Å². The molecule has 9 heteroatoms. The van der Waals surface area contributed by atoms with Gasteiger partial charge in [-0.3, -0.25) is 0 Å². The third-order valence-corrected chi connectivity index (χ3v) is 2.19. The topological polar surface area (TPSA) is 109 Å². The lowest BCUT2D eigenvalue weighted by Crippen LogP contribution is -2.08. The van der Waals surface area contributed by atoms with E-state index in [0.717, 1.165) is 0 Å². The molecule has 0 fully saturated rings. The summed E-state index contributed by atoms with van der Waals surface area (Å²) in [7, 11) is 1.24. The fraction of sp³-hybridized carbons (Fsp3) is 0.125. The second-order valence-corrected chi connectivity index (χ2v) is 3.26. The van der Waals surface area contributed by atoms with E-state index in [4.69, 9.17) is 17.3 Å². The maximum atomic E-state index is 11.2. The lowest BCUT2D eigenvalue weighted by Gasteiger charge is -2.03.